The van der Waals surface area contributed by atoms with Crippen LogP contribution in [0.4, 0.5) is 0 Å². The maximum atomic E-state index is 4.22. The fraction of sp³-hybridized carbons (Fsp3) is 0.438. The van der Waals surface area contributed by atoms with Gasteiger partial charge in [-0.15, -0.1) is 0 Å². The Kier molecular flexibility index (Phi) is 5.77. The topological polar surface area (TPSA) is 44.0 Å². The lowest BCUT2D eigenvalue weighted by molar-refractivity contribution is 0.294. The SMILES string of the molecule is CCN(CC)Cc1ccccc1CNCc1ncc[nH]1. The highest BCUT2D eigenvalue weighted by atomic mass is 15.1. The van der Waals surface area contributed by atoms with E-state index in [2.05, 4.69) is 58.3 Å². The quantitative estimate of drug-likeness (QED) is 0.776. The van der Waals surface area contributed by atoms with E-state index in [-0.39, 0.29) is 0 Å². The molecule has 0 aliphatic heterocycles. The molecule has 2 aromatic rings. The van der Waals surface area contributed by atoms with Gasteiger partial charge in [-0.3, -0.25) is 4.90 Å². The van der Waals surface area contributed by atoms with Crippen molar-refractivity contribution in [1.29, 1.82) is 0 Å². The van der Waals surface area contributed by atoms with Crippen molar-refractivity contribution in [3.8, 4) is 0 Å². The molecule has 0 fully saturated rings. The molecule has 0 unspecified atom stereocenters. The van der Waals surface area contributed by atoms with Crippen LogP contribution in [0.5, 0.6) is 0 Å². The van der Waals surface area contributed by atoms with Gasteiger partial charge in [-0.1, -0.05) is 38.1 Å². The zero-order valence-corrected chi connectivity index (χ0v) is 12.4. The number of nitrogens with zero attached hydrogens (tertiary/aromatic N) is 2. The Bertz CT molecular complexity index is 489. The molecular formula is C16H24N4. The van der Waals surface area contributed by atoms with Gasteiger partial charge in [0.1, 0.15) is 5.82 Å². The molecule has 2 N–H and O–H groups in total. The Morgan fingerprint density at radius 2 is 1.85 bits per heavy atom. The van der Waals surface area contributed by atoms with Crippen molar-refractivity contribution >= 4 is 0 Å². The summed E-state index contributed by atoms with van der Waals surface area (Å²) in [6, 6.07) is 8.65. The molecule has 0 amide bonds. The summed E-state index contributed by atoms with van der Waals surface area (Å²) < 4.78 is 0. The predicted molar refractivity (Wildman–Crippen MR) is 82.2 cm³/mol. The van der Waals surface area contributed by atoms with Crippen LogP contribution in [0.3, 0.4) is 0 Å². The lowest BCUT2D eigenvalue weighted by atomic mass is 10.1. The normalized spacial score (nSPS) is 11.2. The van der Waals surface area contributed by atoms with Crippen molar-refractivity contribution in [1.82, 2.24) is 20.2 Å². The van der Waals surface area contributed by atoms with E-state index in [9.17, 15) is 0 Å². The summed E-state index contributed by atoms with van der Waals surface area (Å²) in [5.41, 5.74) is 2.77. The molecule has 108 valence electrons. The van der Waals surface area contributed by atoms with Gasteiger partial charge in [-0.05, 0) is 24.2 Å². The molecule has 0 radical (unpaired) electrons. The molecule has 0 saturated heterocycles. The van der Waals surface area contributed by atoms with Crippen LogP contribution in [0.15, 0.2) is 36.7 Å². The first-order chi connectivity index (χ1) is 9.83. The molecule has 0 spiro atoms. The van der Waals surface area contributed by atoms with Crippen LogP contribution in [-0.2, 0) is 19.6 Å². The van der Waals surface area contributed by atoms with Gasteiger partial charge in [0.2, 0.25) is 0 Å². The van der Waals surface area contributed by atoms with Gasteiger partial charge in [0, 0.05) is 25.5 Å². The Balaban J connectivity index is 1.93. The molecule has 1 aromatic heterocycles. The average Bonchev–Trinajstić information content (AvgIpc) is 2.99. The molecular weight excluding hydrogens is 248 g/mol. The number of hydrogen-bond acceptors (Lipinski definition) is 3. The van der Waals surface area contributed by atoms with Crippen LogP contribution in [0, 0.1) is 0 Å². The fourth-order valence-electron chi connectivity index (χ4n) is 2.28. The summed E-state index contributed by atoms with van der Waals surface area (Å²) in [4.78, 5) is 9.76. The van der Waals surface area contributed by atoms with Crippen molar-refractivity contribution in [3.63, 3.8) is 0 Å². The number of H-pyrrole nitrogens is 1. The van der Waals surface area contributed by atoms with E-state index in [1.54, 1.807) is 6.20 Å². The highest BCUT2D eigenvalue weighted by Crippen LogP contribution is 2.11. The molecule has 0 saturated carbocycles. The zero-order valence-electron chi connectivity index (χ0n) is 12.4. The van der Waals surface area contributed by atoms with Crippen LogP contribution in [0.1, 0.15) is 30.8 Å². The van der Waals surface area contributed by atoms with Gasteiger partial charge >= 0.3 is 0 Å². The van der Waals surface area contributed by atoms with E-state index in [1.165, 1.54) is 11.1 Å². The molecule has 4 heteroatoms. The maximum absolute atomic E-state index is 4.22. The van der Waals surface area contributed by atoms with E-state index >= 15 is 0 Å². The van der Waals surface area contributed by atoms with Crippen molar-refractivity contribution in [2.75, 3.05) is 13.1 Å². The van der Waals surface area contributed by atoms with E-state index in [1.807, 2.05) is 6.20 Å². The second kappa shape index (κ2) is 7.82. The number of aromatic amines is 1. The largest absolute Gasteiger partial charge is 0.348 e. The molecule has 0 atom stereocenters. The number of benzene rings is 1. The summed E-state index contributed by atoms with van der Waals surface area (Å²) in [5.74, 6) is 0.978. The van der Waals surface area contributed by atoms with Gasteiger partial charge in [-0.2, -0.15) is 0 Å². The van der Waals surface area contributed by atoms with Gasteiger partial charge in [-0.25, -0.2) is 4.98 Å². The standard InChI is InChI=1S/C16H24N4/c1-3-20(4-2)13-15-8-6-5-7-14(15)11-17-12-16-18-9-10-19-16/h5-10,17H,3-4,11-13H2,1-2H3,(H,18,19). The lowest BCUT2D eigenvalue weighted by Gasteiger charge is -2.20. The van der Waals surface area contributed by atoms with Crippen molar-refractivity contribution in [2.45, 2.75) is 33.5 Å². The summed E-state index contributed by atoms with van der Waals surface area (Å²) in [6.07, 6.45) is 3.64. The van der Waals surface area contributed by atoms with Crippen molar-refractivity contribution in [2.24, 2.45) is 0 Å². The number of hydrogen-bond donors (Lipinski definition) is 2. The summed E-state index contributed by atoms with van der Waals surface area (Å²) >= 11 is 0. The van der Waals surface area contributed by atoms with Crippen molar-refractivity contribution < 1.29 is 0 Å². The first-order valence-corrected chi connectivity index (χ1v) is 7.31. The second-order valence-corrected chi connectivity index (χ2v) is 4.87. The fourth-order valence-corrected chi connectivity index (χ4v) is 2.28. The molecule has 20 heavy (non-hydrogen) atoms. The minimum Gasteiger partial charge on any atom is -0.348 e. The van der Waals surface area contributed by atoms with Gasteiger partial charge in [0.15, 0.2) is 0 Å². The van der Waals surface area contributed by atoms with Crippen LogP contribution < -0.4 is 5.32 Å². The lowest BCUT2D eigenvalue weighted by Crippen LogP contribution is -2.23. The first-order valence-electron chi connectivity index (χ1n) is 7.31. The molecule has 0 aliphatic rings. The average molecular weight is 272 g/mol. The van der Waals surface area contributed by atoms with Crippen LogP contribution in [0.2, 0.25) is 0 Å². The molecule has 2 rings (SSSR count). The second-order valence-electron chi connectivity index (χ2n) is 4.87. The van der Waals surface area contributed by atoms with Crippen molar-refractivity contribution in [3.05, 3.63) is 53.6 Å². The van der Waals surface area contributed by atoms with E-state index in [0.29, 0.717) is 0 Å². The number of imidazole rings is 1. The summed E-state index contributed by atoms with van der Waals surface area (Å²) in [6.45, 7) is 9.26. The summed E-state index contributed by atoms with van der Waals surface area (Å²) in [7, 11) is 0. The van der Waals surface area contributed by atoms with Crippen LogP contribution in [-0.4, -0.2) is 28.0 Å². The monoisotopic (exact) mass is 272 g/mol. The van der Waals surface area contributed by atoms with E-state index in [4.69, 9.17) is 0 Å². The third-order valence-corrected chi connectivity index (χ3v) is 3.57. The minimum absolute atomic E-state index is 0.770. The van der Waals surface area contributed by atoms with E-state index < -0.39 is 0 Å². The smallest absolute Gasteiger partial charge is 0.120 e. The molecule has 0 bridgehead atoms. The maximum Gasteiger partial charge on any atom is 0.120 e. The van der Waals surface area contributed by atoms with E-state index in [0.717, 1.165) is 38.5 Å². The Labute approximate surface area is 121 Å². The molecule has 0 aliphatic carbocycles. The Morgan fingerprint density at radius 3 is 2.50 bits per heavy atom. The third-order valence-electron chi connectivity index (χ3n) is 3.57. The third kappa shape index (κ3) is 4.18. The first kappa shape index (κ1) is 14.8. The van der Waals surface area contributed by atoms with Gasteiger partial charge < -0.3 is 10.3 Å². The minimum atomic E-state index is 0.770. The zero-order chi connectivity index (χ0) is 14.2. The highest BCUT2D eigenvalue weighted by Gasteiger charge is 2.06. The van der Waals surface area contributed by atoms with Gasteiger partial charge in [0.05, 0.1) is 6.54 Å². The molecule has 4 nitrogen and oxygen atoms in total. The molecule has 1 heterocycles. The molecule has 1 aromatic carbocycles. The van der Waals surface area contributed by atoms with Crippen LogP contribution >= 0.6 is 0 Å². The summed E-state index contributed by atoms with van der Waals surface area (Å²) in [5, 5.41) is 3.44. The van der Waals surface area contributed by atoms with Gasteiger partial charge in [0.25, 0.3) is 0 Å². The number of nitrogens with one attached hydrogen (secondary N) is 2. The highest BCUT2D eigenvalue weighted by molar-refractivity contribution is 5.27. The number of aromatic nitrogens is 2. The van der Waals surface area contributed by atoms with Crippen LogP contribution in [0.25, 0.3) is 0 Å². The predicted octanol–water partition coefficient (Wildman–Crippen LogP) is 2.54. The Hall–Kier alpha value is -1.65. The Morgan fingerprint density at radius 1 is 1.10 bits per heavy atom. The number of rotatable bonds is 8.